The lowest BCUT2D eigenvalue weighted by atomic mass is 9.97. The van der Waals surface area contributed by atoms with Crippen LogP contribution in [-0.2, 0) is 4.79 Å². The molecule has 0 aliphatic carbocycles. The van der Waals surface area contributed by atoms with Crippen molar-refractivity contribution in [1.29, 1.82) is 0 Å². The molecule has 0 radical (unpaired) electrons. The van der Waals surface area contributed by atoms with E-state index in [2.05, 4.69) is 19.2 Å². The summed E-state index contributed by atoms with van der Waals surface area (Å²) in [5.74, 6) is 0.658. The normalized spacial score (nSPS) is 13.9. The van der Waals surface area contributed by atoms with E-state index in [0.29, 0.717) is 13.1 Å². The summed E-state index contributed by atoms with van der Waals surface area (Å²) in [5.41, 5.74) is 6.36. The molecule has 1 rings (SSSR count). The number of hydrogen-bond donors (Lipinski definition) is 2. The lowest BCUT2D eigenvalue weighted by Gasteiger charge is -2.36. The zero-order valence-corrected chi connectivity index (χ0v) is 12.8. The Kier molecular flexibility index (Phi) is 5.98. The van der Waals surface area contributed by atoms with Crippen LogP contribution in [0.25, 0.3) is 0 Å². The number of nitrogens with one attached hydrogen (secondary N) is 1. The van der Waals surface area contributed by atoms with Gasteiger partial charge in [-0.15, -0.1) is 0 Å². The number of anilines is 1. The van der Waals surface area contributed by atoms with E-state index in [9.17, 15) is 4.79 Å². The summed E-state index contributed by atoms with van der Waals surface area (Å²) in [7, 11) is 3.52. The molecule has 0 heterocycles. The number of benzene rings is 1. The van der Waals surface area contributed by atoms with Gasteiger partial charge in [0.1, 0.15) is 5.75 Å². The fraction of sp³-hybridized carbons (Fsp3) is 0.533. The average molecular weight is 279 g/mol. The summed E-state index contributed by atoms with van der Waals surface area (Å²) in [6.45, 7) is 4.96. The molecule has 0 spiro atoms. The Labute approximate surface area is 121 Å². The van der Waals surface area contributed by atoms with Gasteiger partial charge in [0.05, 0.1) is 13.7 Å². The van der Waals surface area contributed by atoms with Gasteiger partial charge in [0.2, 0.25) is 5.91 Å². The molecule has 1 aromatic rings. The van der Waals surface area contributed by atoms with Crippen LogP contribution in [0.4, 0.5) is 5.69 Å². The van der Waals surface area contributed by atoms with E-state index in [1.54, 1.807) is 13.2 Å². The summed E-state index contributed by atoms with van der Waals surface area (Å²) in [4.78, 5) is 14.1. The van der Waals surface area contributed by atoms with Crippen LogP contribution in [-0.4, -0.2) is 43.6 Å². The zero-order valence-electron chi connectivity index (χ0n) is 12.8. The van der Waals surface area contributed by atoms with Crippen molar-refractivity contribution in [3.8, 4) is 5.75 Å². The van der Waals surface area contributed by atoms with Crippen LogP contribution in [0.3, 0.4) is 0 Å². The summed E-state index contributed by atoms with van der Waals surface area (Å²) < 4.78 is 5.13. The van der Waals surface area contributed by atoms with Crippen LogP contribution < -0.4 is 15.8 Å². The SMILES string of the molecule is CCC(C)(CN)N(C)CC(=O)Nc1cccc(OC)c1. The largest absolute Gasteiger partial charge is 0.497 e. The predicted molar refractivity (Wildman–Crippen MR) is 82.0 cm³/mol. The van der Waals surface area contributed by atoms with Crippen molar-refractivity contribution in [2.75, 3.05) is 32.6 Å². The van der Waals surface area contributed by atoms with Crippen LogP contribution >= 0.6 is 0 Å². The number of amides is 1. The van der Waals surface area contributed by atoms with Crippen molar-refractivity contribution in [3.63, 3.8) is 0 Å². The Balaban J connectivity index is 2.63. The van der Waals surface area contributed by atoms with E-state index in [0.717, 1.165) is 17.9 Å². The van der Waals surface area contributed by atoms with Gasteiger partial charge in [-0.1, -0.05) is 13.0 Å². The summed E-state index contributed by atoms with van der Waals surface area (Å²) in [6.07, 6.45) is 0.895. The molecule has 3 N–H and O–H groups in total. The number of nitrogens with zero attached hydrogens (tertiary/aromatic N) is 1. The van der Waals surface area contributed by atoms with E-state index >= 15 is 0 Å². The van der Waals surface area contributed by atoms with Crippen LogP contribution in [0.5, 0.6) is 5.75 Å². The third kappa shape index (κ3) is 4.21. The Bertz CT molecular complexity index is 444. The van der Waals surface area contributed by atoms with Gasteiger partial charge in [-0.05, 0) is 32.5 Å². The number of likely N-dealkylation sites (N-methyl/N-ethyl adjacent to an activating group) is 1. The number of carbonyl (C=O) groups is 1. The molecule has 0 aliphatic rings. The highest BCUT2D eigenvalue weighted by atomic mass is 16.5. The lowest BCUT2D eigenvalue weighted by Crippen LogP contribution is -2.51. The zero-order chi connectivity index (χ0) is 15.2. The first-order valence-corrected chi connectivity index (χ1v) is 6.80. The Morgan fingerprint density at radius 1 is 1.50 bits per heavy atom. The topological polar surface area (TPSA) is 67.6 Å². The maximum Gasteiger partial charge on any atom is 0.238 e. The van der Waals surface area contributed by atoms with Crippen LogP contribution in [0.1, 0.15) is 20.3 Å². The average Bonchev–Trinajstić information content (AvgIpc) is 2.46. The van der Waals surface area contributed by atoms with Crippen molar-refractivity contribution < 1.29 is 9.53 Å². The highest BCUT2D eigenvalue weighted by Gasteiger charge is 2.26. The number of rotatable bonds is 7. The molecule has 5 nitrogen and oxygen atoms in total. The molecule has 1 amide bonds. The van der Waals surface area contributed by atoms with Gasteiger partial charge in [-0.25, -0.2) is 0 Å². The second kappa shape index (κ2) is 7.26. The molecule has 1 aromatic carbocycles. The van der Waals surface area contributed by atoms with Crippen molar-refractivity contribution in [2.45, 2.75) is 25.8 Å². The maximum absolute atomic E-state index is 12.1. The van der Waals surface area contributed by atoms with E-state index in [1.807, 2.05) is 30.1 Å². The third-order valence-electron chi connectivity index (χ3n) is 3.86. The van der Waals surface area contributed by atoms with E-state index in [4.69, 9.17) is 10.5 Å². The van der Waals surface area contributed by atoms with Gasteiger partial charge >= 0.3 is 0 Å². The number of hydrogen-bond acceptors (Lipinski definition) is 4. The maximum atomic E-state index is 12.1. The second-order valence-electron chi connectivity index (χ2n) is 5.19. The fourth-order valence-electron chi connectivity index (χ4n) is 1.88. The molecule has 1 unspecified atom stereocenters. The first kappa shape index (κ1) is 16.5. The molecule has 0 bridgehead atoms. The molecule has 1 atom stereocenters. The van der Waals surface area contributed by atoms with Crippen LogP contribution in [0, 0.1) is 0 Å². The van der Waals surface area contributed by atoms with Gasteiger partial charge in [0, 0.05) is 23.8 Å². The number of ether oxygens (including phenoxy) is 1. The molecule has 0 saturated heterocycles. The molecule has 20 heavy (non-hydrogen) atoms. The molecular formula is C15H25N3O2. The highest BCUT2D eigenvalue weighted by molar-refractivity contribution is 5.92. The minimum Gasteiger partial charge on any atom is -0.497 e. The third-order valence-corrected chi connectivity index (χ3v) is 3.86. The van der Waals surface area contributed by atoms with Crippen LogP contribution in [0.2, 0.25) is 0 Å². The predicted octanol–water partition coefficient (Wildman–Crippen LogP) is 1.69. The lowest BCUT2D eigenvalue weighted by molar-refractivity contribution is -0.118. The highest BCUT2D eigenvalue weighted by Crippen LogP contribution is 2.18. The van der Waals surface area contributed by atoms with Gasteiger partial charge in [0.25, 0.3) is 0 Å². The van der Waals surface area contributed by atoms with Gasteiger partial charge in [0.15, 0.2) is 0 Å². The summed E-state index contributed by atoms with van der Waals surface area (Å²) in [6, 6.07) is 7.31. The Morgan fingerprint density at radius 2 is 2.20 bits per heavy atom. The minimum atomic E-state index is -0.161. The smallest absolute Gasteiger partial charge is 0.238 e. The first-order chi connectivity index (χ1) is 9.45. The molecule has 0 aromatic heterocycles. The van der Waals surface area contributed by atoms with Crippen molar-refractivity contribution >= 4 is 11.6 Å². The minimum absolute atomic E-state index is 0.0612. The van der Waals surface area contributed by atoms with Gasteiger partial charge in [-0.3, -0.25) is 9.69 Å². The second-order valence-corrected chi connectivity index (χ2v) is 5.19. The quantitative estimate of drug-likeness (QED) is 0.797. The molecule has 0 saturated carbocycles. The van der Waals surface area contributed by atoms with Crippen molar-refractivity contribution in [3.05, 3.63) is 24.3 Å². The summed E-state index contributed by atoms with van der Waals surface area (Å²) >= 11 is 0. The van der Waals surface area contributed by atoms with Gasteiger partial charge < -0.3 is 15.8 Å². The molecular weight excluding hydrogens is 254 g/mol. The fourth-order valence-corrected chi connectivity index (χ4v) is 1.88. The number of nitrogens with two attached hydrogens (primary N) is 1. The number of methoxy groups -OCH3 is 1. The van der Waals surface area contributed by atoms with Crippen molar-refractivity contribution in [2.24, 2.45) is 5.73 Å². The number of carbonyl (C=O) groups excluding carboxylic acids is 1. The molecule has 5 heteroatoms. The molecule has 0 aliphatic heterocycles. The van der Waals surface area contributed by atoms with Crippen LogP contribution in [0.15, 0.2) is 24.3 Å². The Morgan fingerprint density at radius 3 is 2.75 bits per heavy atom. The van der Waals surface area contributed by atoms with E-state index in [-0.39, 0.29) is 11.4 Å². The summed E-state index contributed by atoms with van der Waals surface area (Å²) in [5, 5.41) is 2.87. The molecule has 0 fully saturated rings. The van der Waals surface area contributed by atoms with Gasteiger partial charge in [-0.2, -0.15) is 0 Å². The molecule has 112 valence electrons. The monoisotopic (exact) mass is 279 g/mol. The van der Waals surface area contributed by atoms with E-state index < -0.39 is 0 Å². The standard InChI is InChI=1S/C15H25N3O2/c1-5-15(2,11-16)18(3)10-14(19)17-12-7-6-8-13(9-12)20-4/h6-9H,5,10-11,16H2,1-4H3,(H,17,19). The van der Waals surface area contributed by atoms with Crippen molar-refractivity contribution in [1.82, 2.24) is 4.90 Å². The van der Waals surface area contributed by atoms with E-state index in [1.165, 1.54) is 0 Å². The Hall–Kier alpha value is -1.59. The first-order valence-electron chi connectivity index (χ1n) is 6.80.